The highest BCUT2D eigenvalue weighted by Crippen LogP contribution is 2.33. The fourth-order valence-corrected chi connectivity index (χ4v) is 8.62. The van der Waals surface area contributed by atoms with Crippen molar-refractivity contribution in [2.24, 2.45) is 4.99 Å². The van der Waals surface area contributed by atoms with Gasteiger partial charge in [0.25, 0.3) is 11.5 Å². The summed E-state index contributed by atoms with van der Waals surface area (Å²) in [4.78, 5) is 33.5. The zero-order valence-corrected chi connectivity index (χ0v) is 31.2. The summed E-state index contributed by atoms with van der Waals surface area (Å²) < 4.78 is 16.0. The van der Waals surface area contributed by atoms with Gasteiger partial charge in [-0.1, -0.05) is 65.4 Å². The Balaban J connectivity index is 1.46. The minimum absolute atomic E-state index is 0.250. The normalized spacial score (nSPS) is 14.4. The minimum atomic E-state index is -0.706. The number of anilines is 1. The quantitative estimate of drug-likeness (QED) is 0.154. The molecule has 1 aromatic heterocycles. The third-order valence-corrected chi connectivity index (χ3v) is 10.0. The number of fused-ring (bicyclic) bond motifs is 1. The van der Waals surface area contributed by atoms with Gasteiger partial charge in [-0.25, -0.2) is 4.99 Å². The Morgan fingerprint density at radius 1 is 1.02 bits per heavy atom. The van der Waals surface area contributed by atoms with Crippen LogP contribution in [0.25, 0.3) is 6.08 Å². The number of benzene rings is 4. The van der Waals surface area contributed by atoms with Crippen LogP contribution in [0, 0.1) is 7.14 Å². The van der Waals surface area contributed by atoms with Crippen LogP contribution < -0.4 is 29.7 Å². The van der Waals surface area contributed by atoms with E-state index in [1.807, 2.05) is 111 Å². The van der Waals surface area contributed by atoms with Gasteiger partial charge in [0.05, 0.1) is 32.0 Å². The van der Waals surface area contributed by atoms with E-state index in [9.17, 15) is 9.59 Å². The number of carbonyl (C=O) groups excluding carboxylic acids is 1. The van der Waals surface area contributed by atoms with Crippen molar-refractivity contribution in [1.29, 1.82) is 0 Å². The van der Waals surface area contributed by atoms with Gasteiger partial charge >= 0.3 is 0 Å². The Labute approximate surface area is 307 Å². The first-order valence-electron chi connectivity index (χ1n) is 14.7. The molecule has 1 amide bonds. The molecule has 0 fully saturated rings. The van der Waals surface area contributed by atoms with Gasteiger partial charge in [0, 0.05) is 19.8 Å². The predicted molar refractivity (Wildman–Crippen MR) is 204 cm³/mol. The molecule has 5 aromatic rings. The maximum atomic E-state index is 14.3. The number of allylic oxidation sites excluding steroid dienone is 1. The number of halogens is 3. The largest absolute Gasteiger partial charge is 0.494 e. The van der Waals surface area contributed by atoms with E-state index in [4.69, 9.17) is 26.1 Å². The lowest BCUT2D eigenvalue weighted by Crippen LogP contribution is -2.40. The van der Waals surface area contributed by atoms with Gasteiger partial charge < -0.3 is 14.8 Å². The van der Waals surface area contributed by atoms with Crippen LogP contribution >= 0.6 is 68.1 Å². The van der Waals surface area contributed by atoms with Gasteiger partial charge in [-0.05, 0) is 125 Å². The molecule has 1 N–H and O–H groups in total. The smallest absolute Gasteiger partial charge is 0.271 e. The molecule has 6 rings (SSSR count). The van der Waals surface area contributed by atoms with Crippen molar-refractivity contribution >= 4 is 85.8 Å². The van der Waals surface area contributed by atoms with Gasteiger partial charge in [0.1, 0.15) is 18.1 Å². The van der Waals surface area contributed by atoms with Crippen molar-refractivity contribution in [3.8, 4) is 11.5 Å². The third-order valence-electron chi connectivity index (χ3n) is 7.40. The summed E-state index contributed by atoms with van der Waals surface area (Å²) in [6, 6.07) is 27.6. The number of carbonyl (C=O) groups is 1. The van der Waals surface area contributed by atoms with Crippen molar-refractivity contribution in [3.05, 3.63) is 151 Å². The highest BCUT2D eigenvalue weighted by Gasteiger charge is 2.32. The van der Waals surface area contributed by atoms with Crippen LogP contribution in [0.5, 0.6) is 11.5 Å². The fraction of sp³-hybridized carbons (Fsp3) is 0.139. The number of rotatable bonds is 9. The molecular formula is C36H28ClI2N3O4S. The van der Waals surface area contributed by atoms with Crippen LogP contribution in [0.2, 0.25) is 5.02 Å². The molecule has 1 aliphatic heterocycles. The first-order valence-corrected chi connectivity index (χ1v) is 18.0. The van der Waals surface area contributed by atoms with Crippen LogP contribution in [0.1, 0.15) is 36.6 Å². The third kappa shape index (κ3) is 7.50. The topological polar surface area (TPSA) is 81.9 Å². The van der Waals surface area contributed by atoms with Crippen molar-refractivity contribution < 1.29 is 14.3 Å². The van der Waals surface area contributed by atoms with Gasteiger partial charge in [-0.2, -0.15) is 0 Å². The molecular weight excluding hydrogens is 860 g/mol. The monoisotopic (exact) mass is 887 g/mol. The van der Waals surface area contributed by atoms with E-state index >= 15 is 0 Å². The van der Waals surface area contributed by atoms with Crippen molar-refractivity contribution in [3.63, 3.8) is 0 Å². The van der Waals surface area contributed by atoms with E-state index in [1.165, 1.54) is 11.3 Å². The number of hydrogen-bond donors (Lipinski definition) is 1. The molecule has 47 heavy (non-hydrogen) atoms. The Hall–Kier alpha value is -3.46. The fourth-order valence-electron chi connectivity index (χ4n) is 5.32. The van der Waals surface area contributed by atoms with E-state index in [1.54, 1.807) is 4.57 Å². The number of aromatic nitrogens is 1. The molecule has 0 unspecified atom stereocenters. The predicted octanol–water partition coefficient (Wildman–Crippen LogP) is 7.71. The second kappa shape index (κ2) is 14.8. The average Bonchev–Trinajstić information content (AvgIpc) is 3.34. The second-order valence-electron chi connectivity index (χ2n) is 10.6. The summed E-state index contributed by atoms with van der Waals surface area (Å²) in [7, 11) is 0. The van der Waals surface area contributed by atoms with E-state index in [0.29, 0.717) is 56.0 Å². The van der Waals surface area contributed by atoms with Gasteiger partial charge in [-0.3, -0.25) is 14.2 Å². The first-order chi connectivity index (χ1) is 22.7. The Bertz CT molecular complexity index is 2180. The van der Waals surface area contributed by atoms with Gasteiger partial charge in [-0.15, -0.1) is 0 Å². The van der Waals surface area contributed by atoms with Crippen LogP contribution in [0.4, 0.5) is 5.69 Å². The molecule has 11 heteroatoms. The molecule has 0 spiro atoms. The number of ether oxygens (including phenoxy) is 2. The number of thiazole rings is 1. The van der Waals surface area contributed by atoms with Crippen molar-refractivity contribution in [1.82, 2.24) is 4.57 Å². The zero-order chi connectivity index (χ0) is 33.1. The Morgan fingerprint density at radius 2 is 1.79 bits per heavy atom. The summed E-state index contributed by atoms with van der Waals surface area (Å²) in [5.74, 6) is 1.05. The van der Waals surface area contributed by atoms with E-state index < -0.39 is 6.04 Å². The number of amides is 1. The van der Waals surface area contributed by atoms with Gasteiger partial charge in [0.2, 0.25) is 0 Å². The summed E-state index contributed by atoms with van der Waals surface area (Å²) >= 11 is 12.0. The van der Waals surface area contributed by atoms with Crippen molar-refractivity contribution in [2.75, 3.05) is 11.9 Å². The van der Waals surface area contributed by atoms with E-state index in [2.05, 4.69) is 50.5 Å². The molecule has 1 atom stereocenters. The number of nitrogens with one attached hydrogen (secondary N) is 1. The lowest BCUT2D eigenvalue weighted by molar-refractivity contribution is -0.113. The summed E-state index contributed by atoms with van der Waals surface area (Å²) in [6.07, 6.45) is 1.85. The molecule has 2 heterocycles. The average molecular weight is 888 g/mol. The highest BCUT2D eigenvalue weighted by molar-refractivity contribution is 14.1. The SMILES string of the molecule is CCOc1ccc([C@H]2C(C(=O)Nc3ccccc3)=C(C)N=c3s/c(=C\c4cc(I)cc(I)c4OCc4cccc(Cl)c4)c(=O)n32)cc1. The molecule has 238 valence electrons. The highest BCUT2D eigenvalue weighted by atomic mass is 127. The molecule has 4 aromatic carbocycles. The van der Waals surface area contributed by atoms with Gasteiger partial charge in [0.15, 0.2) is 4.80 Å². The van der Waals surface area contributed by atoms with Crippen LogP contribution in [0.15, 0.2) is 112 Å². The Morgan fingerprint density at radius 3 is 2.51 bits per heavy atom. The van der Waals surface area contributed by atoms with E-state index in [0.717, 1.165) is 23.8 Å². The summed E-state index contributed by atoms with van der Waals surface area (Å²) in [5, 5.41) is 3.63. The molecule has 0 radical (unpaired) electrons. The number of para-hydroxylation sites is 1. The molecule has 0 saturated heterocycles. The minimum Gasteiger partial charge on any atom is -0.494 e. The van der Waals surface area contributed by atoms with E-state index in [-0.39, 0.29) is 11.5 Å². The second-order valence-corrected chi connectivity index (χ2v) is 14.5. The Kier molecular flexibility index (Phi) is 10.5. The summed E-state index contributed by atoms with van der Waals surface area (Å²) in [5.41, 5.74) is 3.81. The molecule has 1 aliphatic rings. The lowest BCUT2D eigenvalue weighted by atomic mass is 9.95. The summed E-state index contributed by atoms with van der Waals surface area (Å²) in [6.45, 7) is 4.58. The maximum absolute atomic E-state index is 14.3. The van der Waals surface area contributed by atoms with Crippen molar-refractivity contribution in [2.45, 2.75) is 26.5 Å². The number of hydrogen-bond acceptors (Lipinski definition) is 6. The lowest BCUT2D eigenvalue weighted by Gasteiger charge is -2.25. The zero-order valence-electron chi connectivity index (χ0n) is 25.3. The molecule has 0 bridgehead atoms. The molecule has 0 saturated carbocycles. The number of nitrogens with zero attached hydrogens (tertiary/aromatic N) is 2. The van der Waals surface area contributed by atoms with Crippen LogP contribution in [-0.2, 0) is 11.4 Å². The maximum Gasteiger partial charge on any atom is 0.271 e. The standard InChI is InChI=1S/C36H28ClI2N3O4S/c1-3-45-28-14-12-23(13-15-28)32-31(34(43)41-27-10-5-4-6-11-27)21(2)40-36-42(32)35(44)30(47-36)18-24-17-26(38)19-29(39)33(24)46-20-22-8-7-9-25(37)16-22/h4-19,32H,3,20H2,1-2H3,(H,41,43)/b30-18-/t32-/m0/s1. The first kappa shape index (κ1) is 33.4. The van der Waals surface area contributed by atoms with Crippen LogP contribution in [0.3, 0.4) is 0 Å². The molecule has 0 aliphatic carbocycles. The van der Waals surface area contributed by atoms with Crippen LogP contribution in [-0.4, -0.2) is 17.1 Å². The molecule has 7 nitrogen and oxygen atoms in total.